The molecule has 0 atom stereocenters. The van der Waals surface area contributed by atoms with E-state index in [1.807, 2.05) is 29.7 Å². The average molecular weight is 416 g/mol. The summed E-state index contributed by atoms with van der Waals surface area (Å²) < 4.78 is 1.92. The molecule has 7 nitrogen and oxygen atoms in total. The van der Waals surface area contributed by atoms with Crippen molar-refractivity contribution < 1.29 is 9.59 Å². The van der Waals surface area contributed by atoms with E-state index in [0.29, 0.717) is 28.2 Å². The molecule has 0 bridgehead atoms. The molecule has 0 aliphatic heterocycles. The fourth-order valence-electron chi connectivity index (χ4n) is 2.65. The summed E-state index contributed by atoms with van der Waals surface area (Å²) in [6.45, 7) is 2.62. The van der Waals surface area contributed by atoms with Crippen molar-refractivity contribution >= 4 is 40.9 Å². The number of amides is 2. The largest absolute Gasteiger partial charge is 0.366 e. The predicted molar refractivity (Wildman–Crippen MR) is 110 cm³/mol. The number of halogens is 1. The van der Waals surface area contributed by atoms with Crippen LogP contribution in [0.5, 0.6) is 0 Å². The molecule has 0 spiro atoms. The summed E-state index contributed by atoms with van der Waals surface area (Å²) in [4.78, 5) is 23.8. The lowest BCUT2D eigenvalue weighted by Gasteiger charge is -2.09. The lowest BCUT2D eigenvalue weighted by atomic mass is 10.1. The number of thioether (sulfide) groups is 1. The second kappa shape index (κ2) is 8.90. The standard InChI is InChI=1S/C19H18ClN5O2S/c1-2-25-18(12-6-5-7-13(20)10-12)23-24-19(25)28-11-16(26)22-15-9-4-3-8-14(15)17(21)27/h3-10H,2,11H2,1H3,(H2,21,27)(H,22,26). The van der Waals surface area contributed by atoms with Crippen molar-refractivity contribution in [2.75, 3.05) is 11.1 Å². The van der Waals surface area contributed by atoms with E-state index in [4.69, 9.17) is 17.3 Å². The minimum absolute atomic E-state index is 0.112. The molecular weight excluding hydrogens is 398 g/mol. The number of rotatable bonds is 7. The van der Waals surface area contributed by atoms with E-state index in [1.165, 1.54) is 11.8 Å². The minimum atomic E-state index is -0.597. The van der Waals surface area contributed by atoms with Gasteiger partial charge in [-0.15, -0.1) is 10.2 Å². The Morgan fingerprint density at radius 2 is 1.96 bits per heavy atom. The van der Waals surface area contributed by atoms with Gasteiger partial charge in [-0.2, -0.15) is 0 Å². The van der Waals surface area contributed by atoms with E-state index in [-0.39, 0.29) is 17.2 Å². The molecule has 0 fully saturated rings. The molecule has 3 rings (SSSR count). The molecule has 0 aliphatic rings. The van der Waals surface area contributed by atoms with E-state index < -0.39 is 5.91 Å². The van der Waals surface area contributed by atoms with Gasteiger partial charge in [0, 0.05) is 17.1 Å². The Balaban J connectivity index is 1.71. The van der Waals surface area contributed by atoms with Crippen LogP contribution < -0.4 is 11.1 Å². The molecule has 3 N–H and O–H groups in total. The minimum Gasteiger partial charge on any atom is -0.366 e. The van der Waals surface area contributed by atoms with E-state index in [0.717, 1.165) is 5.56 Å². The smallest absolute Gasteiger partial charge is 0.250 e. The molecule has 0 unspecified atom stereocenters. The van der Waals surface area contributed by atoms with E-state index in [2.05, 4.69) is 15.5 Å². The highest BCUT2D eigenvalue weighted by atomic mass is 35.5. The second-order valence-corrected chi connectivity index (χ2v) is 7.19. The summed E-state index contributed by atoms with van der Waals surface area (Å²) in [7, 11) is 0. The zero-order valence-electron chi connectivity index (χ0n) is 15.1. The van der Waals surface area contributed by atoms with Crippen molar-refractivity contribution in [2.45, 2.75) is 18.6 Å². The topological polar surface area (TPSA) is 103 Å². The zero-order valence-corrected chi connectivity index (χ0v) is 16.6. The van der Waals surface area contributed by atoms with Crippen molar-refractivity contribution in [3.05, 3.63) is 59.1 Å². The van der Waals surface area contributed by atoms with Crippen molar-refractivity contribution in [2.24, 2.45) is 5.73 Å². The molecule has 144 valence electrons. The zero-order chi connectivity index (χ0) is 20.1. The molecule has 2 amide bonds. The van der Waals surface area contributed by atoms with Gasteiger partial charge < -0.3 is 15.6 Å². The van der Waals surface area contributed by atoms with Crippen molar-refractivity contribution in [3.63, 3.8) is 0 Å². The van der Waals surface area contributed by atoms with Crippen LogP contribution in [0.15, 0.2) is 53.7 Å². The Bertz CT molecular complexity index is 1020. The Hall–Kier alpha value is -2.84. The summed E-state index contributed by atoms with van der Waals surface area (Å²) >= 11 is 7.32. The van der Waals surface area contributed by atoms with Crippen LogP contribution >= 0.6 is 23.4 Å². The Kier molecular flexibility index (Phi) is 6.33. The van der Waals surface area contributed by atoms with Crippen molar-refractivity contribution in [1.29, 1.82) is 0 Å². The lowest BCUT2D eigenvalue weighted by molar-refractivity contribution is -0.113. The highest BCUT2D eigenvalue weighted by molar-refractivity contribution is 7.99. The third-order valence-electron chi connectivity index (χ3n) is 3.91. The number of hydrogen-bond acceptors (Lipinski definition) is 5. The number of nitrogens with two attached hydrogens (primary N) is 1. The third kappa shape index (κ3) is 4.52. The number of nitrogens with zero attached hydrogens (tertiary/aromatic N) is 3. The summed E-state index contributed by atoms with van der Waals surface area (Å²) in [5.74, 6) is -0.0677. The third-order valence-corrected chi connectivity index (χ3v) is 5.12. The maximum Gasteiger partial charge on any atom is 0.250 e. The van der Waals surface area contributed by atoms with Gasteiger partial charge in [0.25, 0.3) is 5.91 Å². The molecule has 0 radical (unpaired) electrons. The number of benzene rings is 2. The normalized spacial score (nSPS) is 10.6. The fraction of sp³-hybridized carbons (Fsp3) is 0.158. The Labute approximate surface area is 171 Å². The van der Waals surface area contributed by atoms with Crippen LogP contribution in [0.25, 0.3) is 11.4 Å². The van der Waals surface area contributed by atoms with Crippen LogP contribution in [0.1, 0.15) is 17.3 Å². The van der Waals surface area contributed by atoms with Gasteiger partial charge in [-0.05, 0) is 31.2 Å². The second-order valence-electron chi connectivity index (χ2n) is 5.81. The van der Waals surface area contributed by atoms with Gasteiger partial charge in [-0.25, -0.2) is 0 Å². The maximum absolute atomic E-state index is 12.3. The summed E-state index contributed by atoms with van der Waals surface area (Å²) in [5, 5.41) is 12.4. The summed E-state index contributed by atoms with van der Waals surface area (Å²) in [5.41, 5.74) is 6.84. The van der Waals surface area contributed by atoms with E-state index in [1.54, 1.807) is 30.3 Å². The maximum atomic E-state index is 12.3. The molecule has 0 saturated heterocycles. The van der Waals surface area contributed by atoms with Gasteiger partial charge in [-0.3, -0.25) is 9.59 Å². The highest BCUT2D eigenvalue weighted by Gasteiger charge is 2.16. The first-order valence-corrected chi connectivity index (χ1v) is 9.86. The molecule has 3 aromatic rings. The Morgan fingerprint density at radius 1 is 1.18 bits per heavy atom. The highest BCUT2D eigenvalue weighted by Crippen LogP contribution is 2.26. The molecule has 1 aromatic heterocycles. The van der Waals surface area contributed by atoms with Crippen LogP contribution in [0.2, 0.25) is 5.02 Å². The fourth-order valence-corrected chi connectivity index (χ4v) is 3.64. The van der Waals surface area contributed by atoms with Gasteiger partial charge in [-0.1, -0.05) is 47.6 Å². The Morgan fingerprint density at radius 3 is 2.68 bits per heavy atom. The number of para-hydroxylation sites is 1. The van der Waals surface area contributed by atoms with E-state index in [9.17, 15) is 9.59 Å². The lowest BCUT2D eigenvalue weighted by Crippen LogP contribution is -2.19. The number of hydrogen-bond donors (Lipinski definition) is 2. The van der Waals surface area contributed by atoms with Gasteiger partial charge in [0.15, 0.2) is 11.0 Å². The van der Waals surface area contributed by atoms with Crippen molar-refractivity contribution in [3.8, 4) is 11.4 Å². The first-order valence-electron chi connectivity index (χ1n) is 8.50. The quantitative estimate of drug-likeness (QED) is 0.575. The molecule has 0 saturated carbocycles. The average Bonchev–Trinajstić information content (AvgIpc) is 3.09. The number of primary amides is 1. The first kappa shape index (κ1) is 19.9. The molecule has 9 heteroatoms. The number of anilines is 1. The van der Waals surface area contributed by atoms with Crippen molar-refractivity contribution in [1.82, 2.24) is 14.8 Å². The number of nitrogens with one attached hydrogen (secondary N) is 1. The van der Waals surface area contributed by atoms with Gasteiger partial charge in [0.2, 0.25) is 5.91 Å². The van der Waals surface area contributed by atoms with Crippen LogP contribution in [0.3, 0.4) is 0 Å². The van der Waals surface area contributed by atoms with Crippen LogP contribution in [-0.4, -0.2) is 32.3 Å². The summed E-state index contributed by atoms with van der Waals surface area (Å²) in [6, 6.07) is 14.0. The first-order chi connectivity index (χ1) is 13.5. The molecule has 1 heterocycles. The van der Waals surface area contributed by atoms with Gasteiger partial charge in [0.05, 0.1) is 17.0 Å². The predicted octanol–water partition coefficient (Wildman–Crippen LogP) is 3.45. The summed E-state index contributed by atoms with van der Waals surface area (Å²) in [6.07, 6.45) is 0. The molecule has 0 aliphatic carbocycles. The monoisotopic (exact) mass is 415 g/mol. The molecule has 2 aromatic carbocycles. The van der Waals surface area contributed by atoms with E-state index >= 15 is 0 Å². The van der Waals surface area contributed by atoms with Gasteiger partial charge >= 0.3 is 0 Å². The molecule has 28 heavy (non-hydrogen) atoms. The van der Waals surface area contributed by atoms with Gasteiger partial charge in [0.1, 0.15) is 0 Å². The SMILES string of the molecule is CCn1c(SCC(=O)Nc2ccccc2C(N)=O)nnc1-c1cccc(Cl)c1. The number of carbonyl (C=O) groups is 2. The van der Waals surface area contributed by atoms with Crippen LogP contribution in [0, 0.1) is 0 Å². The number of carbonyl (C=O) groups excluding carboxylic acids is 2. The number of aromatic nitrogens is 3. The van der Waals surface area contributed by atoms with Crippen LogP contribution in [0.4, 0.5) is 5.69 Å². The van der Waals surface area contributed by atoms with Crippen LogP contribution in [-0.2, 0) is 11.3 Å². The molecular formula is C19H18ClN5O2S.